The van der Waals surface area contributed by atoms with Gasteiger partial charge < -0.3 is 5.73 Å². The second-order valence-corrected chi connectivity index (χ2v) is 3.03. The van der Waals surface area contributed by atoms with E-state index in [9.17, 15) is 4.79 Å². The molecular formula is C5H6IN3O. The molecule has 0 aliphatic heterocycles. The Hall–Kier alpha value is -0.590. The molecule has 5 heteroatoms. The summed E-state index contributed by atoms with van der Waals surface area (Å²) in [5, 5.41) is 3.84. The largest absolute Gasteiger partial charge is 0.364 e. The van der Waals surface area contributed by atoms with Crippen molar-refractivity contribution in [3.63, 3.8) is 0 Å². The molecule has 54 valence electrons. The molecule has 0 unspecified atom stereocenters. The first-order chi connectivity index (χ1) is 4.61. The Bertz CT molecular complexity index is 268. The van der Waals surface area contributed by atoms with Crippen LogP contribution in [0.4, 0.5) is 0 Å². The van der Waals surface area contributed by atoms with Crippen molar-refractivity contribution in [2.24, 2.45) is 12.8 Å². The fourth-order valence-electron chi connectivity index (χ4n) is 0.627. The molecule has 1 aromatic rings. The van der Waals surface area contributed by atoms with Crippen molar-refractivity contribution < 1.29 is 4.79 Å². The zero-order valence-corrected chi connectivity index (χ0v) is 7.49. The zero-order valence-electron chi connectivity index (χ0n) is 5.34. The van der Waals surface area contributed by atoms with E-state index in [2.05, 4.69) is 5.10 Å². The van der Waals surface area contributed by atoms with Gasteiger partial charge in [0.1, 0.15) is 0 Å². The van der Waals surface area contributed by atoms with Gasteiger partial charge in [-0.1, -0.05) is 0 Å². The van der Waals surface area contributed by atoms with Crippen molar-refractivity contribution in [3.05, 3.63) is 15.5 Å². The number of primary amides is 1. The van der Waals surface area contributed by atoms with Crippen LogP contribution in [0, 0.1) is 3.57 Å². The first-order valence-corrected chi connectivity index (χ1v) is 3.68. The van der Waals surface area contributed by atoms with E-state index in [-0.39, 0.29) is 0 Å². The van der Waals surface area contributed by atoms with Crippen molar-refractivity contribution in [2.45, 2.75) is 0 Å². The SMILES string of the molecule is Cn1cc(I)c(C(N)=O)n1. The van der Waals surface area contributed by atoms with Crippen LogP contribution in [-0.2, 0) is 7.05 Å². The summed E-state index contributed by atoms with van der Waals surface area (Å²) in [4.78, 5) is 10.6. The first kappa shape index (κ1) is 7.52. The molecule has 0 saturated heterocycles. The molecule has 1 heterocycles. The van der Waals surface area contributed by atoms with Gasteiger partial charge in [-0.2, -0.15) is 5.10 Å². The summed E-state index contributed by atoms with van der Waals surface area (Å²) >= 11 is 2.01. The minimum Gasteiger partial charge on any atom is -0.364 e. The maximum Gasteiger partial charge on any atom is 0.270 e. The van der Waals surface area contributed by atoms with Crippen LogP contribution in [0.5, 0.6) is 0 Å². The average molecular weight is 251 g/mol. The van der Waals surface area contributed by atoms with Gasteiger partial charge in [0, 0.05) is 13.2 Å². The molecule has 0 aromatic carbocycles. The van der Waals surface area contributed by atoms with Crippen LogP contribution >= 0.6 is 22.6 Å². The fraction of sp³-hybridized carbons (Fsp3) is 0.200. The highest BCUT2D eigenvalue weighted by Crippen LogP contribution is 2.07. The van der Waals surface area contributed by atoms with E-state index >= 15 is 0 Å². The zero-order chi connectivity index (χ0) is 7.72. The van der Waals surface area contributed by atoms with E-state index in [0.29, 0.717) is 5.69 Å². The number of carbonyl (C=O) groups is 1. The summed E-state index contributed by atoms with van der Waals surface area (Å²) in [7, 11) is 1.74. The number of aromatic nitrogens is 2. The van der Waals surface area contributed by atoms with Gasteiger partial charge in [0.25, 0.3) is 5.91 Å². The Kier molecular flexibility index (Phi) is 1.93. The summed E-state index contributed by atoms with van der Waals surface area (Å²) in [5.41, 5.74) is 5.34. The smallest absolute Gasteiger partial charge is 0.270 e. The highest BCUT2D eigenvalue weighted by atomic mass is 127. The Morgan fingerprint density at radius 1 is 1.90 bits per heavy atom. The van der Waals surface area contributed by atoms with Crippen molar-refractivity contribution in [1.29, 1.82) is 0 Å². The predicted molar refractivity (Wildman–Crippen MR) is 44.4 cm³/mol. The molecule has 1 aromatic heterocycles. The average Bonchev–Trinajstić information content (AvgIpc) is 2.10. The number of nitrogens with two attached hydrogens (primary N) is 1. The van der Waals surface area contributed by atoms with Gasteiger partial charge in [0.15, 0.2) is 5.69 Å². The molecule has 1 rings (SSSR count). The number of hydrogen-bond donors (Lipinski definition) is 1. The van der Waals surface area contributed by atoms with Crippen molar-refractivity contribution in [1.82, 2.24) is 9.78 Å². The van der Waals surface area contributed by atoms with Crippen molar-refractivity contribution in [3.8, 4) is 0 Å². The van der Waals surface area contributed by atoms with Crippen LogP contribution < -0.4 is 5.73 Å². The Morgan fingerprint density at radius 3 is 2.70 bits per heavy atom. The first-order valence-electron chi connectivity index (χ1n) is 2.60. The summed E-state index contributed by atoms with van der Waals surface area (Å²) < 4.78 is 2.34. The predicted octanol–water partition coefficient (Wildman–Crippen LogP) is 0.124. The highest BCUT2D eigenvalue weighted by Gasteiger charge is 2.08. The molecular weight excluding hydrogens is 245 g/mol. The quantitative estimate of drug-likeness (QED) is 0.721. The second-order valence-electron chi connectivity index (χ2n) is 1.86. The van der Waals surface area contributed by atoms with E-state index in [1.807, 2.05) is 22.6 Å². The lowest BCUT2D eigenvalue weighted by Crippen LogP contribution is -2.13. The molecule has 0 aliphatic carbocycles. The summed E-state index contributed by atoms with van der Waals surface area (Å²) in [6.07, 6.45) is 1.74. The number of aryl methyl sites for hydroxylation is 1. The summed E-state index contributed by atoms with van der Waals surface area (Å²) in [6.45, 7) is 0. The molecule has 0 radical (unpaired) electrons. The maximum atomic E-state index is 10.6. The minimum atomic E-state index is -0.481. The standard InChI is InChI=1S/C5H6IN3O/c1-9-2-3(6)4(8-9)5(7)10/h2H,1H3,(H2,7,10). The van der Waals surface area contributed by atoms with E-state index in [0.717, 1.165) is 3.57 Å². The Labute approximate surface area is 71.5 Å². The number of nitrogens with zero attached hydrogens (tertiary/aromatic N) is 2. The van der Waals surface area contributed by atoms with Crippen LogP contribution in [-0.4, -0.2) is 15.7 Å². The van der Waals surface area contributed by atoms with Crippen molar-refractivity contribution in [2.75, 3.05) is 0 Å². The molecule has 0 atom stereocenters. The molecule has 0 saturated carbocycles. The molecule has 0 bridgehead atoms. The topological polar surface area (TPSA) is 60.9 Å². The van der Waals surface area contributed by atoms with Crippen LogP contribution in [0.15, 0.2) is 6.20 Å². The van der Waals surface area contributed by atoms with E-state index < -0.39 is 5.91 Å². The second kappa shape index (κ2) is 2.57. The van der Waals surface area contributed by atoms with Crippen LogP contribution in [0.3, 0.4) is 0 Å². The normalized spacial score (nSPS) is 9.80. The van der Waals surface area contributed by atoms with E-state index in [1.54, 1.807) is 17.9 Å². The number of halogens is 1. The van der Waals surface area contributed by atoms with Gasteiger partial charge in [-0.3, -0.25) is 9.48 Å². The third-order valence-corrected chi connectivity index (χ3v) is 1.81. The van der Waals surface area contributed by atoms with Gasteiger partial charge in [0.05, 0.1) is 3.57 Å². The Balaban J connectivity index is 3.15. The molecule has 0 fully saturated rings. The summed E-state index contributed by atoms with van der Waals surface area (Å²) in [5.74, 6) is -0.481. The van der Waals surface area contributed by atoms with Crippen molar-refractivity contribution >= 4 is 28.5 Å². The molecule has 0 spiro atoms. The van der Waals surface area contributed by atoms with Gasteiger partial charge in [-0.25, -0.2) is 0 Å². The molecule has 1 amide bonds. The lowest BCUT2D eigenvalue weighted by Gasteiger charge is -1.85. The van der Waals surface area contributed by atoms with Crippen LogP contribution in [0.2, 0.25) is 0 Å². The van der Waals surface area contributed by atoms with Crippen LogP contribution in [0.1, 0.15) is 10.5 Å². The number of carbonyl (C=O) groups excluding carboxylic acids is 1. The lowest BCUT2D eigenvalue weighted by atomic mass is 10.4. The number of amides is 1. The number of rotatable bonds is 1. The highest BCUT2D eigenvalue weighted by molar-refractivity contribution is 14.1. The molecule has 2 N–H and O–H groups in total. The maximum absolute atomic E-state index is 10.6. The monoisotopic (exact) mass is 251 g/mol. The Morgan fingerprint density at radius 2 is 2.50 bits per heavy atom. The fourth-order valence-corrected chi connectivity index (χ4v) is 1.40. The molecule has 0 aliphatic rings. The van der Waals surface area contributed by atoms with E-state index in [4.69, 9.17) is 5.73 Å². The molecule has 4 nitrogen and oxygen atoms in total. The van der Waals surface area contributed by atoms with Gasteiger partial charge in [-0.05, 0) is 22.6 Å². The third-order valence-electron chi connectivity index (χ3n) is 1.02. The minimum absolute atomic E-state index is 0.336. The van der Waals surface area contributed by atoms with Gasteiger partial charge in [0.2, 0.25) is 0 Å². The van der Waals surface area contributed by atoms with Gasteiger partial charge in [-0.15, -0.1) is 0 Å². The number of hydrogen-bond acceptors (Lipinski definition) is 2. The van der Waals surface area contributed by atoms with E-state index in [1.165, 1.54) is 0 Å². The van der Waals surface area contributed by atoms with Gasteiger partial charge >= 0.3 is 0 Å². The molecule has 10 heavy (non-hydrogen) atoms. The lowest BCUT2D eigenvalue weighted by molar-refractivity contribution is 0.0994. The third kappa shape index (κ3) is 1.28. The van der Waals surface area contributed by atoms with Crippen LogP contribution in [0.25, 0.3) is 0 Å². The summed E-state index contributed by atoms with van der Waals surface area (Å²) in [6, 6.07) is 0.